The van der Waals surface area contributed by atoms with Crippen molar-refractivity contribution in [2.24, 2.45) is 0 Å². The fourth-order valence-corrected chi connectivity index (χ4v) is 0.826. The molecule has 0 radical (unpaired) electrons. The van der Waals surface area contributed by atoms with E-state index in [0.717, 1.165) is 4.90 Å². The van der Waals surface area contributed by atoms with Gasteiger partial charge in [-0.1, -0.05) is 24.3 Å². The Labute approximate surface area is 114 Å². The summed E-state index contributed by atoms with van der Waals surface area (Å²) in [6.45, 7) is 1.54. The van der Waals surface area contributed by atoms with Crippen molar-refractivity contribution in [3.63, 3.8) is 0 Å². The molecule has 0 fully saturated rings. The van der Waals surface area contributed by atoms with E-state index in [0.29, 0.717) is 5.56 Å². The van der Waals surface area contributed by atoms with Gasteiger partial charge in [-0.25, -0.2) is 0 Å². The summed E-state index contributed by atoms with van der Waals surface area (Å²) < 4.78 is 0. The van der Waals surface area contributed by atoms with Crippen LogP contribution in [0.25, 0.3) is 0 Å². The summed E-state index contributed by atoms with van der Waals surface area (Å²) in [6, 6.07) is 6.99. The van der Waals surface area contributed by atoms with Gasteiger partial charge in [0.25, 0.3) is 0 Å². The number of rotatable bonds is 1. The largest absolute Gasteiger partial charge is 1.00 e. The molecule has 0 aliphatic rings. The van der Waals surface area contributed by atoms with Crippen molar-refractivity contribution in [3.05, 3.63) is 29.8 Å². The van der Waals surface area contributed by atoms with Gasteiger partial charge in [-0.2, -0.15) is 4.90 Å². The van der Waals surface area contributed by atoms with Crippen molar-refractivity contribution in [1.82, 2.24) is 0 Å². The molecule has 0 N–H and O–H groups in total. The van der Waals surface area contributed by atoms with E-state index in [1.54, 1.807) is 31.2 Å². The Balaban J connectivity index is 0.000001000. The molecule has 0 aliphatic carbocycles. The van der Waals surface area contributed by atoms with Crippen molar-refractivity contribution >= 4 is 18.4 Å². The van der Waals surface area contributed by atoms with E-state index >= 15 is 0 Å². The summed E-state index contributed by atoms with van der Waals surface area (Å²) >= 11 is 4.85. The minimum Gasteiger partial charge on any atom is -0.780 e. The standard InChI is InChI=1S/C8H8OS.K/c1-6(9)7-2-4-8(10)5-3-7;/h2-5,10H,1H3;/q;+1/p-1. The van der Waals surface area contributed by atoms with E-state index in [4.69, 9.17) is 12.6 Å². The van der Waals surface area contributed by atoms with E-state index < -0.39 is 0 Å². The summed E-state index contributed by atoms with van der Waals surface area (Å²) in [4.78, 5) is 11.5. The maximum atomic E-state index is 10.7. The number of hydrogen-bond donors (Lipinski definition) is 0. The van der Waals surface area contributed by atoms with Gasteiger partial charge in [0, 0.05) is 5.56 Å². The predicted molar refractivity (Wildman–Crippen MR) is 42.1 cm³/mol. The SMILES string of the molecule is CC(=O)c1ccc([S-])cc1.[K+]. The molecular weight excluding hydrogens is 183 g/mol. The second-order valence-electron chi connectivity index (χ2n) is 2.08. The van der Waals surface area contributed by atoms with Crippen LogP contribution in [0.4, 0.5) is 0 Å². The molecular formula is C8H7KOS. The van der Waals surface area contributed by atoms with Crippen molar-refractivity contribution in [1.29, 1.82) is 0 Å². The molecule has 0 saturated carbocycles. The fraction of sp³-hybridized carbons (Fsp3) is 0.125. The first-order valence-corrected chi connectivity index (χ1v) is 3.39. The second kappa shape index (κ2) is 5.40. The average molecular weight is 190 g/mol. The summed E-state index contributed by atoms with van der Waals surface area (Å²) in [5, 5.41) is 0. The third-order valence-electron chi connectivity index (χ3n) is 1.26. The van der Waals surface area contributed by atoms with Crippen LogP contribution in [0.2, 0.25) is 0 Å². The Morgan fingerprint density at radius 1 is 1.27 bits per heavy atom. The quantitative estimate of drug-likeness (QED) is 0.314. The first-order chi connectivity index (χ1) is 4.70. The maximum absolute atomic E-state index is 10.7. The van der Waals surface area contributed by atoms with E-state index in [1.165, 1.54) is 0 Å². The predicted octanol–water partition coefficient (Wildman–Crippen LogP) is -1.20. The van der Waals surface area contributed by atoms with Crippen molar-refractivity contribution in [2.45, 2.75) is 11.8 Å². The molecule has 0 heterocycles. The summed E-state index contributed by atoms with van der Waals surface area (Å²) in [5.74, 6) is 0.0787. The summed E-state index contributed by atoms with van der Waals surface area (Å²) in [6.07, 6.45) is 0. The molecule has 0 aromatic heterocycles. The summed E-state index contributed by atoms with van der Waals surface area (Å²) in [5.41, 5.74) is 0.716. The van der Waals surface area contributed by atoms with E-state index in [2.05, 4.69) is 0 Å². The van der Waals surface area contributed by atoms with Crippen LogP contribution in [0.1, 0.15) is 17.3 Å². The number of carbonyl (C=O) groups excluding carboxylic acids is 1. The number of Topliss-reactive ketones (excluding diaryl/α,β-unsaturated/α-hetero) is 1. The van der Waals surface area contributed by atoms with Gasteiger partial charge in [0.15, 0.2) is 5.78 Å². The smallest absolute Gasteiger partial charge is 0.780 e. The Morgan fingerprint density at radius 3 is 2.09 bits per heavy atom. The van der Waals surface area contributed by atoms with Gasteiger partial charge in [-0.3, -0.25) is 4.79 Å². The van der Waals surface area contributed by atoms with Gasteiger partial charge in [0.2, 0.25) is 0 Å². The van der Waals surface area contributed by atoms with Crippen molar-refractivity contribution in [2.75, 3.05) is 0 Å². The molecule has 3 heteroatoms. The Hall–Kier alpha value is 0.746. The molecule has 11 heavy (non-hydrogen) atoms. The van der Waals surface area contributed by atoms with Crippen LogP contribution < -0.4 is 51.4 Å². The van der Waals surface area contributed by atoms with Crippen molar-refractivity contribution < 1.29 is 56.2 Å². The van der Waals surface area contributed by atoms with E-state index in [9.17, 15) is 4.79 Å². The number of ketones is 1. The van der Waals surface area contributed by atoms with E-state index in [-0.39, 0.29) is 57.2 Å². The zero-order valence-corrected chi connectivity index (χ0v) is 10.6. The molecule has 0 amide bonds. The van der Waals surface area contributed by atoms with Crippen LogP contribution in [0.3, 0.4) is 0 Å². The molecule has 1 nitrogen and oxygen atoms in total. The first kappa shape index (κ1) is 11.7. The zero-order valence-electron chi connectivity index (χ0n) is 6.63. The van der Waals surface area contributed by atoms with Gasteiger partial charge in [0.1, 0.15) is 0 Å². The first-order valence-electron chi connectivity index (χ1n) is 2.98. The fourth-order valence-electron chi connectivity index (χ4n) is 0.690. The van der Waals surface area contributed by atoms with Crippen LogP contribution in [-0.2, 0) is 12.6 Å². The zero-order chi connectivity index (χ0) is 7.56. The minimum absolute atomic E-state index is 0. The molecule has 0 bridgehead atoms. The molecule has 0 aliphatic heterocycles. The normalized spacial score (nSPS) is 8.45. The summed E-state index contributed by atoms with van der Waals surface area (Å²) in [7, 11) is 0. The molecule has 0 spiro atoms. The Kier molecular flexibility index (Phi) is 5.77. The van der Waals surface area contributed by atoms with Gasteiger partial charge in [0.05, 0.1) is 0 Å². The molecule has 0 unspecified atom stereocenters. The van der Waals surface area contributed by atoms with Crippen LogP contribution >= 0.6 is 0 Å². The number of carbonyl (C=O) groups is 1. The molecule has 0 saturated heterocycles. The van der Waals surface area contributed by atoms with Crippen LogP contribution in [0, 0.1) is 0 Å². The maximum Gasteiger partial charge on any atom is 1.00 e. The minimum atomic E-state index is 0. The van der Waals surface area contributed by atoms with Gasteiger partial charge in [-0.15, -0.1) is 0 Å². The van der Waals surface area contributed by atoms with Gasteiger partial charge < -0.3 is 12.6 Å². The average Bonchev–Trinajstić information content (AvgIpc) is 1.88. The van der Waals surface area contributed by atoms with E-state index in [1.807, 2.05) is 0 Å². The third kappa shape index (κ3) is 3.78. The van der Waals surface area contributed by atoms with Crippen LogP contribution in [0.15, 0.2) is 29.2 Å². The monoisotopic (exact) mass is 190 g/mol. The van der Waals surface area contributed by atoms with Gasteiger partial charge in [-0.05, 0) is 6.92 Å². The van der Waals surface area contributed by atoms with Crippen molar-refractivity contribution in [3.8, 4) is 0 Å². The second-order valence-corrected chi connectivity index (χ2v) is 2.55. The Bertz CT molecular complexity index is 243. The topological polar surface area (TPSA) is 17.1 Å². The number of hydrogen-bond acceptors (Lipinski definition) is 2. The molecule has 1 aromatic rings. The number of benzene rings is 1. The van der Waals surface area contributed by atoms with Gasteiger partial charge >= 0.3 is 51.4 Å². The molecule has 1 rings (SSSR count). The molecule has 52 valence electrons. The van der Waals surface area contributed by atoms with Crippen LogP contribution in [-0.4, -0.2) is 5.78 Å². The molecule has 1 aromatic carbocycles. The van der Waals surface area contributed by atoms with Crippen LogP contribution in [0.5, 0.6) is 0 Å². The Morgan fingerprint density at radius 2 is 1.73 bits per heavy atom. The molecule has 0 atom stereocenters. The third-order valence-corrected chi connectivity index (χ3v) is 1.53.